The zero-order valence-corrected chi connectivity index (χ0v) is 86.2. The molecule has 7 heteroatoms. The van der Waals surface area contributed by atoms with E-state index in [1.165, 1.54) is 283 Å². The largest absolute Gasteiger partial charge is 0.412 e. The van der Waals surface area contributed by atoms with E-state index >= 15 is 0 Å². The summed E-state index contributed by atoms with van der Waals surface area (Å²) in [5.41, 5.74) is 6.34. The van der Waals surface area contributed by atoms with Crippen LogP contribution in [0.4, 0.5) is 0 Å². The van der Waals surface area contributed by atoms with Crippen LogP contribution in [-0.2, 0) is 51.7 Å². The average Bonchev–Trinajstić information content (AvgIpc) is 1.10. The van der Waals surface area contributed by atoms with Crippen LogP contribution in [0.2, 0.25) is 0 Å². The summed E-state index contributed by atoms with van der Waals surface area (Å²) in [4.78, 5) is 0. The van der Waals surface area contributed by atoms with Gasteiger partial charge >= 0.3 is 0 Å². The predicted molar refractivity (Wildman–Crippen MR) is 602 cm³/mol. The van der Waals surface area contributed by atoms with Crippen molar-refractivity contribution >= 4 is 0 Å². The number of hydrogen-bond acceptors (Lipinski definition) is 4. The van der Waals surface area contributed by atoms with Crippen molar-refractivity contribution in [2.75, 3.05) is 26.4 Å². The van der Waals surface area contributed by atoms with Crippen LogP contribution in [0.15, 0.2) is 46.6 Å². The van der Waals surface area contributed by atoms with Crippen LogP contribution in [0.25, 0.3) is 0 Å². The first-order chi connectivity index (χ1) is 53.0. The Bertz CT molecular complexity index is 1680. The maximum absolute atomic E-state index is 5.39. The molecule has 128 heavy (non-hydrogen) atoms. The monoisotopic (exact) mass is 1910 g/mol. The molecule has 4 N–H and O–H groups in total. The van der Waals surface area contributed by atoms with E-state index in [2.05, 4.69) is 218 Å². The molecular formula is C121H268O6Y. The van der Waals surface area contributed by atoms with E-state index in [1.807, 2.05) is 0 Å². The van der Waals surface area contributed by atoms with Gasteiger partial charge in [-0.25, -0.2) is 0 Å². The van der Waals surface area contributed by atoms with Crippen molar-refractivity contribution in [1.82, 2.24) is 0 Å². The Morgan fingerprint density at radius 3 is 0.328 bits per heavy atom. The molecule has 0 spiro atoms. The van der Waals surface area contributed by atoms with Crippen LogP contribution < -0.4 is 0 Å². The van der Waals surface area contributed by atoms with Gasteiger partial charge in [0.15, 0.2) is 0 Å². The topological polar surface area (TPSA) is 99.9 Å². The SMILES string of the molecule is C.C.C.C.C.C.C.C.C.C.C.C.C.CC1=CCC(C)CC1.CC1=CCC(C)CC1.CC1=CCC(C)CC1.CC1=CCC(C)CC1.CC1CCC(C)CC1.CC1CCC(C)CC1.CC1CCC(C)CC1.CC1CCC(C)CC1.CC1CCC(C)CC1.CC1CCC(C)CC1.CC1CCC(C)OC1.CC1CCC(C)OC1.CC1CCC(C)OC1.CC1CCC(C)OC1.O.O.[HH].[HH].[Y]. The molecule has 0 aromatic carbocycles. The summed E-state index contributed by atoms with van der Waals surface area (Å²) in [6.07, 6.45) is 73.5. The maximum Gasteiger partial charge on any atom is 0.0547 e. The minimum Gasteiger partial charge on any atom is -0.412 e. The Morgan fingerprint density at radius 1 is 0.164 bits per heavy atom. The molecule has 0 aromatic rings. The Labute approximate surface area is 848 Å². The van der Waals surface area contributed by atoms with E-state index in [9.17, 15) is 0 Å². The summed E-state index contributed by atoms with van der Waals surface area (Å²) in [5.74, 6) is 19.2. The second-order valence-corrected chi connectivity index (χ2v) is 43.2. The third kappa shape index (κ3) is 100. The predicted octanol–water partition coefficient (Wildman–Crippen LogP) is 42.4. The van der Waals surface area contributed by atoms with Gasteiger partial charge in [-0.05, 0) is 302 Å². The summed E-state index contributed by atoms with van der Waals surface area (Å²) >= 11 is 0. The summed E-state index contributed by atoms with van der Waals surface area (Å²) in [6.45, 7) is 68.0. The average molecular weight is 1910 g/mol. The van der Waals surface area contributed by atoms with Crippen LogP contribution >= 0.6 is 0 Å². The van der Waals surface area contributed by atoms with Gasteiger partial charge in [0.1, 0.15) is 0 Å². The molecular weight excluding hydrogens is 1640 g/mol. The fourth-order valence-corrected chi connectivity index (χ4v) is 17.0. The van der Waals surface area contributed by atoms with Crippen LogP contribution in [0.1, 0.15) is 576 Å². The molecule has 791 valence electrons. The third-order valence-corrected chi connectivity index (χ3v) is 28.4. The van der Waals surface area contributed by atoms with E-state index < -0.39 is 0 Å². The molecule has 6 saturated carbocycles. The Kier molecular flexibility index (Phi) is 132. The van der Waals surface area contributed by atoms with Gasteiger partial charge in [0.2, 0.25) is 0 Å². The number of allylic oxidation sites excluding steroid dienone is 8. The van der Waals surface area contributed by atoms with Crippen molar-refractivity contribution in [1.29, 1.82) is 0 Å². The summed E-state index contributed by atoms with van der Waals surface area (Å²) in [7, 11) is 0. The Balaban J connectivity index is -0.0000000643. The minimum absolute atomic E-state index is 0. The minimum atomic E-state index is 0. The molecule has 4 saturated heterocycles. The van der Waals surface area contributed by atoms with E-state index in [4.69, 9.17) is 18.9 Å². The summed E-state index contributed by atoms with van der Waals surface area (Å²) in [5, 5.41) is 0. The fourth-order valence-electron chi connectivity index (χ4n) is 17.0. The second-order valence-electron chi connectivity index (χ2n) is 43.2. The van der Waals surface area contributed by atoms with E-state index in [-0.39, 0.29) is 143 Å². The van der Waals surface area contributed by atoms with Crippen molar-refractivity contribution in [3.8, 4) is 0 Å². The van der Waals surface area contributed by atoms with Crippen molar-refractivity contribution in [2.45, 2.75) is 597 Å². The molecule has 0 bridgehead atoms. The fraction of sp³-hybridized carbons (Fsp3) is 0.934. The van der Waals surface area contributed by atoms with Crippen molar-refractivity contribution in [3.05, 3.63) is 46.6 Å². The second kappa shape index (κ2) is 103. The molecule has 10 aliphatic carbocycles. The van der Waals surface area contributed by atoms with Gasteiger partial charge in [0, 0.05) is 62.0 Å². The molecule has 4 heterocycles. The van der Waals surface area contributed by atoms with Crippen LogP contribution in [0, 0.1) is 118 Å². The van der Waals surface area contributed by atoms with Gasteiger partial charge in [-0.3, -0.25) is 0 Å². The van der Waals surface area contributed by atoms with Gasteiger partial charge in [0.05, 0.1) is 24.4 Å². The van der Waals surface area contributed by atoms with Gasteiger partial charge in [0.25, 0.3) is 0 Å². The standard InChI is InChI=1S/6C8H16.4C8H14.4C7H14O.13CH4.2H2O.Y.2H2/c10*1-7-3-5-8(2)6-4-7;4*1-6-3-4-7(2)8-5-6;;;;;;;;;;;;;;;;;;/h6*7-8H,3-6H2,1-2H3;4*3,8H,4-6H2,1-2H3;4*6-7H,3-5H2,1-2H3;13*1H4;2*1H2;;2*1H. The van der Waals surface area contributed by atoms with E-state index in [0.717, 1.165) is 145 Å². The molecule has 0 amide bonds. The quantitative estimate of drug-likeness (QED) is 0.226. The van der Waals surface area contributed by atoms with Gasteiger partial charge in [-0.2, -0.15) is 0 Å². The number of rotatable bonds is 0. The first-order valence-electron chi connectivity index (χ1n) is 50.1. The van der Waals surface area contributed by atoms with Crippen LogP contribution in [-0.4, -0.2) is 61.8 Å². The molecule has 6 nitrogen and oxygen atoms in total. The van der Waals surface area contributed by atoms with Crippen molar-refractivity contribution in [3.63, 3.8) is 0 Å². The maximum atomic E-state index is 5.39. The number of ether oxygens (including phenoxy) is 4. The van der Waals surface area contributed by atoms with Gasteiger partial charge in [-0.1, -0.05) is 436 Å². The summed E-state index contributed by atoms with van der Waals surface area (Å²) < 4.78 is 21.6. The van der Waals surface area contributed by atoms with Gasteiger partial charge < -0.3 is 29.9 Å². The van der Waals surface area contributed by atoms with Crippen LogP contribution in [0.3, 0.4) is 0 Å². The number of hydrogen-bond donors (Lipinski definition) is 0. The normalized spacial score (nSPS) is 32.3. The van der Waals surface area contributed by atoms with Crippen molar-refractivity contribution in [2.24, 2.45) is 118 Å². The zero-order chi connectivity index (χ0) is 83.8. The smallest absolute Gasteiger partial charge is 0.0547 e. The molecule has 12 atom stereocenters. The molecule has 4 aliphatic heterocycles. The first kappa shape index (κ1) is 164. The molecule has 12 unspecified atom stereocenters. The van der Waals surface area contributed by atoms with Crippen molar-refractivity contribution < 1.29 is 65.5 Å². The van der Waals surface area contributed by atoms with Gasteiger partial charge in [-0.15, -0.1) is 0 Å². The van der Waals surface area contributed by atoms with E-state index in [1.54, 1.807) is 22.3 Å². The molecule has 0 aromatic heterocycles. The third-order valence-electron chi connectivity index (χ3n) is 28.4. The van der Waals surface area contributed by atoms with E-state index in [0.29, 0.717) is 24.4 Å². The molecule has 14 aliphatic rings. The summed E-state index contributed by atoms with van der Waals surface area (Å²) in [6, 6.07) is 0. The molecule has 1 radical (unpaired) electrons. The molecule has 10 fully saturated rings. The van der Waals surface area contributed by atoms with Crippen LogP contribution in [0.5, 0.6) is 0 Å². The Morgan fingerprint density at radius 2 is 0.266 bits per heavy atom. The first-order valence-corrected chi connectivity index (χ1v) is 50.1. The zero-order valence-electron chi connectivity index (χ0n) is 83.3. The Hall–Kier alpha value is -0.176. The molecule has 14 rings (SSSR count).